The van der Waals surface area contributed by atoms with Gasteiger partial charge in [-0.3, -0.25) is 5.43 Å². The normalized spacial score (nSPS) is 11.7. The maximum absolute atomic E-state index is 5.92. The van der Waals surface area contributed by atoms with Gasteiger partial charge in [-0.1, -0.05) is 23.7 Å². The van der Waals surface area contributed by atoms with E-state index in [1.807, 2.05) is 74.7 Å². The minimum atomic E-state index is -0.205. The molecule has 0 radical (unpaired) electrons. The van der Waals surface area contributed by atoms with Crippen LogP contribution < -0.4 is 10.2 Å². The van der Waals surface area contributed by atoms with E-state index in [2.05, 4.69) is 15.5 Å². The summed E-state index contributed by atoms with van der Waals surface area (Å²) in [6.07, 6.45) is 1.75. The molecule has 3 aromatic rings. The first-order valence-corrected chi connectivity index (χ1v) is 9.44. The van der Waals surface area contributed by atoms with Crippen LogP contribution >= 0.6 is 22.9 Å². The Hall–Kier alpha value is -2.37. The SMILES string of the molecule is CC(C)(C)Oc1ccc(/C=N\Nc2nc(-c3ccc(Cl)cc3)cs2)cc1. The molecule has 0 fully saturated rings. The second kappa shape index (κ2) is 7.89. The van der Waals surface area contributed by atoms with Crippen LogP contribution in [-0.4, -0.2) is 16.8 Å². The first-order valence-electron chi connectivity index (χ1n) is 8.19. The number of benzene rings is 2. The maximum atomic E-state index is 5.92. The van der Waals surface area contributed by atoms with Crippen LogP contribution in [0, 0.1) is 0 Å². The molecule has 3 rings (SSSR count). The van der Waals surface area contributed by atoms with Gasteiger partial charge in [-0.15, -0.1) is 11.3 Å². The number of halogens is 1. The molecular weight excluding hydrogens is 366 g/mol. The number of hydrogen-bond acceptors (Lipinski definition) is 5. The zero-order chi connectivity index (χ0) is 18.6. The summed E-state index contributed by atoms with van der Waals surface area (Å²) in [7, 11) is 0. The smallest absolute Gasteiger partial charge is 0.203 e. The molecule has 0 aliphatic carbocycles. The largest absolute Gasteiger partial charge is 0.488 e. The fourth-order valence-electron chi connectivity index (χ4n) is 2.22. The first-order chi connectivity index (χ1) is 12.4. The molecule has 0 saturated heterocycles. The lowest BCUT2D eigenvalue weighted by molar-refractivity contribution is 0.131. The van der Waals surface area contributed by atoms with Gasteiger partial charge in [-0.05, 0) is 62.7 Å². The molecule has 134 valence electrons. The number of nitrogens with one attached hydrogen (secondary N) is 1. The van der Waals surface area contributed by atoms with Gasteiger partial charge < -0.3 is 4.74 Å². The van der Waals surface area contributed by atoms with Crippen LogP contribution in [0.1, 0.15) is 26.3 Å². The topological polar surface area (TPSA) is 46.5 Å². The maximum Gasteiger partial charge on any atom is 0.203 e. The lowest BCUT2D eigenvalue weighted by atomic mass is 10.2. The number of hydrogen-bond donors (Lipinski definition) is 1. The highest BCUT2D eigenvalue weighted by atomic mass is 35.5. The molecule has 0 unspecified atom stereocenters. The Labute approximate surface area is 162 Å². The molecule has 0 aliphatic rings. The fraction of sp³-hybridized carbons (Fsp3) is 0.200. The number of anilines is 1. The van der Waals surface area contributed by atoms with Gasteiger partial charge in [0.15, 0.2) is 0 Å². The molecule has 0 spiro atoms. The van der Waals surface area contributed by atoms with E-state index in [0.717, 1.165) is 27.7 Å². The summed E-state index contributed by atoms with van der Waals surface area (Å²) >= 11 is 7.42. The van der Waals surface area contributed by atoms with E-state index in [4.69, 9.17) is 16.3 Å². The third-order valence-electron chi connectivity index (χ3n) is 3.32. The summed E-state index contributed by atoms with van der Waals surface area (Å²) < 4.78 is 5.81. The van der Waals surface area contributed by atoms with Gasteiger partial charge in [-0.2, -0.15) is 5.10 Å². The molecule has 0 aliphatic heterocycles. The van der Waals surface area contributed by atoms with E-state index >= 15 is 0 Å². The van der Waals surface area contributed by atoms with Crippen molar-refractivity contribution in [3.05, 3.63) is 64.5 Å². The number of hydrazone groups is 1. The van der Waals surface area contributed by atoms with E-state index in [1.54, 1.807) is 6.21 Å². The highest BCUT2D eigenvalue weighted by molar-refractivity contribution is 7.14. The van der Waals surface area contributed by atoms with Crippen molar-refractivity contribution in [1.82, 2.24) is 4.98 Å². The summed E-state index contributed by atoms with van der Waals surface area (Å²) in [5, 5.41) is 7.68. The average Bonchev–Trinajstić information content (AvgIpc) is 3.05. The zero-order valence-electron chi connectivity index (χ0n) is 14.9. The lowest BCUT2D eigenvalue weighted by Crippen LogP contribution is -2.22. The van der Waals surface area contributed by atoms with Crippen LogP contribution in [0.5, 0.6) is 5.75 Å². The van der Waals surface area contributed by atoms with E-state index in [1.165, 1.54) is 11.3 Å². The third-order valence-corrected chi connectivity index (χ3v) is 4.32. The molecule has 26 heavy (non-hydrogen) atoms. The first kappa shape index (κ1) is 18.4. The summed E-state index contributed by atoms with van der Waals surface area (Å²) in [5.41, 5.74) is 5.66. The Morgan fingerprint density at radius 1 is 1.08 bits per heavy atom. The third kappa shape index (κ3) is 5.31. The second-order valence-electron chi connectivity index (χ2n) is 6.70. The van der Waals surface area contributed by atoms with E-state index in [0.29, 0.717) is 5.02 Å². The Bertz CT molecular complexity index is 881. The predicted octanol–water partition coefficient (Wildman–Crippen LogP) is 6.09. The van der Waals surface area contributed by atoms with Gasteiger partial charge in [0.25, 0.3) is 0 Å². The Morgan fingerprint density at radius 2 is 1.77 bits per heavy atom. The van der Waals surface area contributed by atoms with Gasteiger partial charge in [-0.25, -0.2) is 4.98 Å². The summed E-state index contributed by atoms with van der Waals surface area (Å²) in [5.74, 6) is 0.843. The van der Waals surface area contributed by atoms with Gasteiger partial charge >= 0.3 is 0 Å². The Morgan fingerprint density at radius 3 is 2.42 bits per heavy atom. The highest BCUT2D eigenvalue weighted by Gasteiger charge is 2.11. The van der Waals surface area contributed by atoms with Gasteiger partial charge in [0.1, 0.15) is 11.4 Å². The molecule has 0 atom stereocenters. The molecule has 2 aromatic carbocycles. The van der Waals surface area contributed by atoms with E-state index in [9.17, 15) is 0 Å². The predicted molar refractivity (Wildman–Crippen MR) is 111 cm³/mol. The molecule has 0 saturated carbocycles. The lowest BCUT2D eigenvalue weighted by Gasteiger charge is -2.21. The van der Waals surface area contributed by atoms with E-state index < -0.39 is 0 Å². The van der Waals surface area contributed by atoms with Gasteiger partial charge in [0.2, 0.25) is 5.13 Å². The van der Waals surface area contributed by atoms with Crippen molar-refractivity contribution in [3.8, 4) is 17.0 Å². The van der Waals surface area contributed by atoms with E-state index in [-0.39, 0.29) is 5.60 Å². The number of nitrogens with zero attached hydrogens (tertiary/aromatic N) is 2. The molecular formula is C20H20ClN3OS. The standard InChI is InChI=1S/C20H20ClN3OS/c1-20(2,3)25-17-10-4-14(5-11-17)12-22-24-19-23-18(13-26-19)15-6-8-16(21)9-7-15/h4-13H,1-3H3,(H,23,24)/b22-12-. The van der Waals surface area contributed by atoms with Crippen LogP contribution in [-0.2, 0) is 0 Å². The number of rotatable bonds is 5. The average molecular weight is 386 g/mol. The minimum absolute atomic E-state index is 0.205. The monoisotopic (exact) mass is 385 g/mol. The highest BCUT2D eigenvalue weighted by Crippen LogP contribution is 2.26. The van der Waals surface area contributed by atoms with Gasteiger partial charge in [0, 0.05) is 16.0 Å². The zero-order valence-corrected chi connectivity index (χ0v) is 16.4. The summed E-state index contributed by atoms with van der Waals surface area (Å²) in [6, 6.07) is 15.4. The Kier molecular flexibility index (Phi) is 5.59. The van der Waals surface area contributed by atoms with Crippen molar-refractivity contribution in [2.45, 2.75) is 26.4 Å². The van der Waals surface area contributed by atoms with Crippen LogP contribution in [0.3, 0.4) is 0 Å². The minimum Gasteiger partial charge on any atom is -0.488 e. The van der Waals surface area contributed by atoms with Crippen molar-refractivity contribution < 1.29 is 4.74 Å². The summed E-state index contributed by atoms with van der Waals surface area (Å²) in [6.45, 7) is 6.08. The second-order valence-corrected chi connectivity index (χ2v) is 7.99. The molecule has 6 heteroatoms. The molecule has 1 N–H and O–H groups in total. The molecule has 1 heterocycles. The number of aromatic nitrogens is 1. The molecule has 4 nitrogen and oxygen atoms in total. The summed E-state index contributed by atoms with van der Waals surface area (Å²) in [4.78, 5) is 4.53. The van der Waals surface area contributed by atoms with Crippen molar-refractivity contribution >= 4 is 34.3 Å². The van der Waals surface area contributed by atoms with Crippen molar-refractivity contribution in [3.63, 3.8) is 0 Å². The number of thiazole rings is 1. The molecule has 0 bridgehead atoms. The van der Waals surface area contributed by atoms with Crippen LogP contribution in [0.4, 0.5) is 5.13 Å². The molecule has 1 aromatic heterocycles. The fourth-order valence-corrected chi connectivity index (χ4v) is 3.01. The van der Waals surface area contributed by atoms with Crippen LogP contribution in [0.2, 0.25) is 5.02 Å². The van der Waals surface area contributed by atoms with Crippen LogP contribution in [0.15, 0.2) is 59.0 Å². The van der Waals surface area contributed by atoms with Crippen molar-refractivity contribution in [1.29, 1.82) is 0 Å². The molecule has 0 amide bonds. The quantitative estimate of drug-likeness (QED) is 0.427. The van der Waals surface area contributed by atoms with Crippen molar-refractivity contribution in [2.24, 2.45) is 5.10 Å². The van der Waals surface area contributed by atoms with Gasteiger partial charge in [0.05, 0.1) is 11.9 Å². The van der Waals surface area contributed by atoms with Crippen LogP contribution in [0.25, 0.3) is 11.3 Å². The van der Waals surface area contributed by atoms with Crippen molar-refractivity contribution in [2.75, 3.05) is 5.43 Å². The number of ether oxygens (including phenoxy) is 1. The Balaban J connectivity index is 1.59.